The Hall–Kier alpha value is -1.08. The van der Waals surface area contributed by atoms with Gasteiger partial charge in [-0.15, -0.1) is 0 Å². The van der Waals surface area contributed by atoms with Crippen LogP contribution in [0.2, 0.25) is 0 Å². The quantitative estimate of drug-likeness (QED) is 0.522. The first-order chi connectivity index (χ1) is 11.9. The first kappa shape index (κ1) is 20.2. The second-order valence-corrected chi connectivity index (χ2v) is 7.82. The predicted octanol–water partition coefficient (Wildman–Crippen LogP) is 4.10. The van der Waals surface area contributed by atoms with Gasteiger partial charge in [-0.3, -0.25) is 5.32 Å². The summed E-state index contributed by atoms with van der Waals surface area (Å²) >= 11 is 17.9. The first-order valence-electron chi connectivity index (χ1n) is 7.99. The number of carbonyl (C=O) groups is 1. The Morgan fingerprint density at radius 1 is 1.36 bits per heavy atom. The molecule has 0 radical (unpaired) electrons. The molecule has 6 nitrogen and oxygen atoms in total. The molecule has 0 bridgehead atoms. The number of nitrogens with one attached hydrogen (secondary N) is 2. The predicted molar refractivity (Wildman–Crippen MR) is 98.8 cm³/mol. The second kappa shape index (κ2) is 9.57. The molecule has 0 saturated carbocycles. The van der Waals surface area contributed by atoms with Crippen molar-refractivity contribution in [1.29, 1.82) is 0 Å². The lowest BCUT2D eigenvalue weighted by atomic mass is 10.2. The van der Waals surface area contributed by atoms with Crippen LogP contribution in [-0.4, -0.2) is 42.0 Å². The van der Waals surface area contributed by atoms with Gasteiger partial charge in [-0.25, -0.2) is 4.79 Å². The van der Waals surface area contributed by atoms with E-state index in [1.807, 2.05) is 6.92 Å². The Bertz CT molecular complexity index is 545. The summed E-state index contributed by atoms with van der Waals surface area (Å²) in [4.78, 5) is 12.0. The molecule has 1 aliphatic rings. The molecule has 0 aromatic heterocycles. The Kier molecular flexibility index (Phi) is 7.75. The van der Waals surface area contributed by atoms with Gasteiger partial charge in [0.05, 0.1) is 12.7 Å². The molecule has 0 aliphatic carbocycles. The van der Waals surface area contributed by atoms with Crippen LogP contribution in [0.15, 0.2) is 24.3 Å². The summed E-state index contributed by atoms with van der Waals surface area (Å²) in [5, 5.41) is 5.47. The number of amides is 1. The third kappa shape index (κ3) is 6.98. The molecule has 1 saturated heterocycles. The minimum Gasteiger partial charge on any atom is -0.494 e. The van der Waals surface area contributed by atoms with Gasteiger partial charge in [-0.1, -0.05) is 34.8 Å². The van der Waals surface area contributed by atoms with E-state index in [9.17, 15) is 4.79 Å². The highest BCUT2D eigenvalue weighted by atomic mass is 35.6. The van der Waals surface area contributed by atoms with Gasteiger partial charge >= 0.3 is 6.09 Å². The molecule has 2 atom stereocenters. The van der Waals surface area contributed by atoms with Crippen molar-refractivity contribution < 1.29 is 19.0 Å². The van der Waals surface area contributed by atoms with Crippen LogP contribution in [0.5, 0.6) is 5.75 Å². The minimum atomic E-state index is -1.78. The summed E-state index contributed by atoms with van der Waals surface area (Å²) < 4.78 is 14.1. The standard InChI is InChI=1S/C16H21Cl3N2O4/c1-2-23-12-7-5-11(6-8-12)20-14(16(17,18)19)21-15(22)25-10-13-4-3-9-24-13/h5-8,13-14,20H,2-4,9-10H2,1H3,(H,21,22)/t13-,14+/m0/s1. The molecule has 0 unspecified atom stereocenters. The summed E-state index contributed by atoms with van der Waals surface area (Å²) in [6, 6.07) is 7.07. The van der Waals surface area contributed by atoms with Crippen LogP contribution >= 0.6 is 34.8 Å². The lowest BCUT2D eigenvalue weighted by Gasteiger charge is -2.27. The van der Waals surface area contributed by atoms with Crippen molar-refractivity contribution >= 4 is 46.6 Å². The lowest BCUT2D eigenvalue weighted by Crippen LogP contribution is -2.49. The van der Waals surface area contributed by atoms with Gasteiger partial charge in [0.1, 0.15) is 18.5 Å². The van der Waals surface area contributed by atoms with Crippen LogP contribution < -0.4 is 15.4 Å². The van der Waals surface area contributed by atoms with Gasteiger partial charge in [0.15, 0.2) is 0 Å². The van der Waals surface area contributed by atoms with E-state index >= 15 is 0 Å². The number of hydrogen-bond acceptors (Lipinski definition) is 5. The SMILES string of the molecule is CCOc1ccc(N[C@H](NC(=O)OC[C@@H]2CCCO2)C(Cl)(Cl)Cl)cc1. The second-order valence-electron chi connectivity index (χ2n) is 5.45. The van der Waals surface area contributed by atoms with Crippen LogP contribution in [0, 0.1) is 0 Å². The number of alkyl carbamates (subject to hydrolysis) is 1. The highest BCUT2D eigenvalue weighted by molar-refractivity contribution is 6.68. The third-order valence-electron chi connectivity index (χ3n) is 3.49. The van der Waals surface area contributed by atoms with Gasteiger partial charge in [0.25, 0.3) is 0 Å². The topological polar surface area (TPSA) is 68.8 Å². The van der Waals surface area contributed by atoms with Crippen molar-refractivity contribution in [3.05, 3.63) is 24.3 Å². The molecule has 1 amide bonds. The summed E-state index contributed by atoms with van der Waals surface area (Å²) in [5.41, 5.74) is 0.652. The zero-order valence-electron chi connectivity index (χ0n) is 13.8. The van der Waals surface area contributed by atoms with E-state index in [2.05, 4.69) is 10.6 Å². The summed E-state index contributed by atoms with van der Waals surface area (Å²) in [7, 11) is 0. The molecule has 25 heavy (non-hydrogen) atoms. The van der Waals surface area contributed by atoms with Crippen molar-refractivity contribution in [2.45, 2.75) is 35.8 Å². The number of ether oxygens (including phenoxy) is 3. The lowest BCUT2D eigenvalue weighted by molar-refractivity contribution is 0.0432. The van der Waals surface area contributed by atoms with Gasteiger partial charge < -0.3 is 19.5 Å². The number of benzene rings is 1. The molecule has 140 valence electrons. The van der Waals surface area contributed by atoms with Gasteiger partial charge in [0, 0.05) is 12.3 Å². The largest absolute Gasteiger partial charge is 0.494 e. The van der Waals surface area contributed by atoms with Crippen molar-refractivity contribution in [2.75, 3.05) is 25.1 Å². The molecule has 2 rings (SSSR count). The highest BCUT2D eigenvalue weighted by Crippen LogP contribution is 2.31. The van der Waals surface area contributed by atoms with Gasteiger partial charge in [0.2, 0.25) is 3.79 Å². The van der Waals surface area contributed by atoms with Gasteiger partial charge in [-0.2, -0.15) is 0 Å². The Balaban J connectivity index is 1.90. The molecule has 1 heterocycles. The molecule has 1 aliphatic heterocycles. The average molecular weight is 412 g/mol. The monoisotopic (exact) mass is 410 g/mol. The average Bonchev–Trinajstić information content (AvgIpc) is 3.07. The number of anilines is 1. The summed E-state index contributed by atoms with van der Waals surface area (Å²) in [5.74, 6) is 0.724. The third-order valence-corrected chi connectivity index (χ3v) is 4.14. The number of alkyl halides is 3. The fraction of sp³-hybridized carbons (Fsp3) is 0.562. The maximum atomic E-state index is 12.0. The molecule has 1 fully saturated rings. The molecular weight excluding hydrogens is 391 g/mol. The van der Waals surface area contributed by atoms with E-state index in [1.54, 1.807) is 24.3 Å². The van der Waals surface area contributed by atoms with Crippen molar-refractivity contribution in [1.82, 2.24) is 5.32 Å². The van der Waals surface area contributed by atoms with Crippen LogP contribution in [0.1, 0.15) is 19.8 Å². The van der Waals surface area contributed by atoms with Crippen LogP contribution in [0.25, 0.3) is 0 Å². The normalized spacial score (nSPS) is 18.5. The maximum Gasteiger partial charge on any atom is 0.408 e. The number of rotatable bonds is 7. The van der Waals surface area contributed by atoms with E-state index in [4.69, 9.17) is 49.0 Å². The van der Waals surface area contributed by atoms with Crippen molar-refractivity contribution in [3.8, 4) is 5.75 Å². The van der Waals surface area contributed by atoms with E-state index in [0.29, 0.717) is 18.9 Å². The molecule has 2 N–H and O–H groups in total. The van der Waals surface area contributed by atoms with Crippen molar-refractivity contribution in [2.24, 2.45) is 0 Å². The molecule has 9 heteroatoms. The van der Waals surface area contributed by atoms with E-state index in [1.165, 1.54) is 0 Å². The Morgan fingerprint density at radius 2 is 2.08 bits per heavy atom. The highest BCUT2D eigenvalue weighted by Gasteiger charge is 2.34. The molecule has 1 aromatic rings. The van der Waals surface area contributed by atoms with E-state index < -0.39 is 16.1 Å². The van der Waals surface area contributed by atoms with Crippen LogP contribution in [0.4, 0.5) is 10.5 Å². The zero-order valence-corrected chi connectivity index (χ0v) is 16.0. The Labute approximate surface area is 162 Å². The van der Waals surface area contributed by atoms with E-state index in [0.717, 1.165) is 18.6 Å². The summed E-state index contributed by atoms with van der Waals surface area (Å²) in [6.45, 7) is 3.33. The number of carbonyl (C=O) groups excluding carboxylic acids is 1. The number of hydrogen-bond donors (Lipinski definition) is 2. The maximum absolute atomic E-state index is 12.0. The fourth-order valence-corrected chi connectivity index (χ4v) is 2.61. The fourth-order valence-electron chi connectivity index (χ4n) is 2.28. The molecular formula is C16H21Cl3N2O4. The molecule has 0 spiro atoms. The smallest absolute Gasteiger partial charge is 0.408 e. The van der Waals surface area contributed by atoms with E-state index in [-0.39, 0.29) is 12.7 Å². The summed E-state index contributed by atoms with van der Waals surface area (Å²) in [6.07, 6.45) is 0.0888. The zero-order chi connectivity index (χ0) is 18.3. The van der Waals surface area contributed by atoms with Crippen molar-refractivity contribution in [3.63, 3.8) is 0 Å². The van der Waals surface area contributed by atoms with Gasteiger partial charge in [-0.05, 0) is 44.0 Å². The number of halogens is 3. The van der Waals surface area contributed by atoms with Crippen LogP contribution in [-0.2, 0) is 9.47 Å². The minimum absolute atomic E-state index is 0.0731. The molecule has 1 aromatic carbocycles. The Morgan fingerprint density at radius 3 is 2.64 bits per heavy atom. The first-order valence-corrected chi connectivity index (χ1v) is 9.13. The van der Waals surface area contributed by atoms with Crippen LogP contribution in [0.3, 0.4) is 0 Å².